The van der Waals surface area contributed by atoms with Crippen LogP contribution in [0.4, 0.5) is 0 Å². The van der Waals surface area contributed by atoms with E-state index in [1.807, 2.05) is 0 Å². The molecule has 0 aliphatic rings. The molecule has 0 aromatic carbocycles. The Bertz CT molecular complexity index is 618. The number of rotatable bonds is 56. The Balaban J connectivity index is 4.92. The van der Waals surface area contributed by atoms with E-state index in [2.05, 4.69) is 27.7 Å². The van der Waals surface area contributed by atoms with Gasteiger partial charge >= 0.3 is 0 Å². The second kappa shape index (κ2) is 54.8. The first-order chi connectivity index (χ1) is 30.2. The highest BCUT2D eigenvalue weighted by molar-refractivity contribution is 7.75. The minimum absolute atomic E-state index is 0.825. The molecule has 1 heteroatoms. The molecule has 0 radical (unpaired) electrons. The Kier molecular flexibility index (Phi) is 55.1. The maximum atomic E-state index is 2.34. The lowest BCUT2D eigenvalue weighted by Crippen LogP contribution is -2.13. The number of hydrogen-bond acceptors (Lipinski definition) is 0. The molecule has 0 aliphatic heterocycles. The summed E-state index contributed by atoms with van der Waals surface area (Å²) < 4.78 is 0. The molecule has 0 fully saturated rings. The molecule has 0 aromatic heterocycles. The van der Waals surface area contributed by atoms with Crippen LogP contribution in [0.25, 0.3) is 0 Å². The molecular formula is C60H124P+. The monoisotopic (exact) mass is 876 g/mol. The zero-order chi connectivity index (χ0) is 44.1. The largest absolute Gasteiger partial charge is 0.0654 e. The van der Waals surface area contributed by atoms with Gasteiger partial charge in [0.15, 0.2) is 0 Å². The van der Waals surface area contributed by atoms with Gasteiger partial charge in [0.1, 0.15) is 0 Å². The Labute approximate surface area is 391 Å². The topological polar surface area (TPSA) is 0 Å². The Hall–Kier alpha value is 0.430. The molecular weight excluding hydrogens is 752 g/mol. The standard InChI is InChI=1S/C60H124P/c1-5-9-13-17-21-25-29-33-37-41-45-49-53-57-61(58-54-50-46-42-38-34-30-26-22-18-14-10-6-2,59-55-51-47-43-39-35-31-27-23-19-15-11-7-3)60-56-52-48-44-40-36-32-28-24-20-16-12-8-4/h5-60H2,1-4H3/q+1. The van der Waals surface area contributed by atoms with Gasteiger partial charge < -0.3 is 0 Å². The van der Waals surface area contributed by atoms with Gasteiger partial charge in [0.2, 0.25) is 0 Å². The second-order valence-electron chi connectivity index (χ2n) is 21.2. The van der Waals surface area contributed by atoms with Crippen LogP contribution in [0.2, 0.25) is 0 Å². The molecule has 0 bridgehead atoms. The van der Waals surface area contributed by atoms with Gasteiger partial charge in [-0.2, -0.15) is 0 Å². The molecule has 0 N–H and O–H groups in total. The van der Waals surface area contributed by atoms with Crippen LogP contribution in [0, 0.1) is 0 Å². The molecule has 0 heterocycles. The summed E-state index contributed by atoms with van der Waals surface area (Å²) in [6.07, 6.45) is 84.3. The van der Waals surface area contributed by atoms with Gasteiger partial charge in [-0.1, -0.05) is 310 Å². The van der Waals surface area contributed by atoms with E-state index >= 15 is 0 Å². The smallest absolute Gasteiger partial charge is 0.0594 e. The van der Waals surface area contributed by atoms with Gasteiger partial charge in [-0.15, -0.1) is 0 Å². The fourth-order valence-corrected chi connectivity index (χ4v) is 15.5. The SMILES string of the molecule is CCCCCCCCCCCCCCC[P+](CCCCCCCCCCCCCCC)(CCCCCCCCCCCCCCC)CCCCCCCCCCCCCCC. The van der Waals surface area contributed by atoms with Gasteiger partial charge in [-0.3, -0.25) is 0 Å². The fraction of sp³-hybridized carbons (Fsp3) is 1.00. The van der Waals surface area contributed by atoms with Gasteiger partial charge in [-0.05, 0) is 51.4 Å². The predicted molar refractivity (Wildman–Crippen MR) is 289 cm³/mol. The molecule has 0 spiro atoms. The van der Waals surface area contributed by atoms with E-state index in [9.17, 15) is 0 Å². The summed E-state index contributed by atoms with van der Waals surface area (Å²) in [5.41, 5.74) is 0. The van der Waals surface area contributed by atoms with Crippen molar-refractivity contribution in [2.75, 3.05) is 24.6 Å². The summed E-state index contributed by atoms with van der Waals surface area (Å²) >= 11 is 0. The van der Waals surface area contributed by atoms with Crippen molar-refractivity contribution in [3.05, 3.63) is 0 Å². The van der Waals surface area contributed by atoms with Crippen LogP contribution in [-0.2, 0) is 0 Å². The molecule has 368 valence electrons. The first-order valence-corrected chi connectivity index (χ1v) is 32.6. The molecule has 0 unspecified atom stereocenters. The van der Waals surface area contributed by atoms with Crippen LogP contribution in [0.1, 0.15) is 362 Å². The van der Waals surface area contributed by atoms with E-state index in [-0.39, 0.29) is 0 Å². The zero-order valence-corrected chi connectivity index (χ0v) is 44.9. The predicted octanol–water partition coefficient (Wildman–Crippen LogP) is 23.4. The molecule has 0 aliphatic carbocycles. The average molecular weight is 877 g/mol. The summed E-state index contributed by atoms with van der Waals surface area (Å²) in [7, 11) is -0.825. The van der Waals surface area contributed by atoms with Crippen LogP contribution >= 0.6 is 7.26 Å². The zero-order valence-electron chi connectivity index (χ0n) is 44.0. The summed E-state index contributed by atoms with van der Waals surface area (Å²) in [6, 6.07) is 0. The van der Waals surface area contributed by atoms with Crippen molar-refractivity contribution >= 4 is 7.26 Å². The molecule has 61 heavy (non-hydrogen) atoms. The molecule has 0 nitrogen and oxygen atoms in total. The molecule has 0 rings (SSSR count). The number of unbranched alkanes of at least 4 members (excludes halogenated alkanes) is 48. The van der Waals surface area contributed by atoms with Crippen molar-refractivity contribution in [2.24, 2.45) is 0 Å². The lowest BCUT2D eigenvalue weighted by molar-refractivity contribution is 0.540. The van der Waals surface area contributed by atoms with E-state index in [1.165, 1.54) is 308 Å². The van der Waals surface area contributed by atoms with Gasteiger partial charge in [0, 0.05) is 7.26 Å². The van der Waals surface area contributed by atoms with E-state index in [4.69, 9.17) is 0 Å². The quantitative estimate of drug-likeness (QED) is 0.0422. The Morgan fingerprint density at radius 1 is 0.131 bits per heavy atom. The van der Waals surface area contributed by atoms with E-state index in [0.29, 0.717) is 0 Å². The molecule has 0 saturated heterocycles. The van der Waals surface area contributed by atoms with Crippen LogP contribution in [-0.4, -0.2) is 24.6 Å². The van der Waals surface area contributed by atoms with E-state index in [0.717, 1.165) is 0 Å². The van der Waals surface area contributed by atoms with Gasteiger partial charge in [0.25, 0.3) is 0 Å². The minimum Gasteiger partial charge on any atom is -0.0654 e. The maximum absolute atomic E-state index is 2.34. The summed E-state index contributed by atoms with van der Waals surface area (Å²) in [5.74, 6) is 0. The third kappa shape index (κ3) is 49.7. The maximum Gasteiger partial charge on any atom is 0.0594 e. The first kappa shape index (κ1) is 61.4. The van der Waals surface area contributed by atoms with Crippen molar-refractivity contribution < 1.29 is 0 Å². The van der Waals surface area contributed by atoms with E-state index < -0.39 is 7.26 Å². The van der Waals surface area contributed by atoms with Crippen molar-refractivity contribution in [2.45, 2.75) is 362 Å². The fourth-order valence-electron chi connectivity index (χ4n) is 10.5. The summed E-state index contributed by atoms with van der Waals surface area (Å²) in [6.45, 7) is 9.35. The Morgan fingerprint density at radius 3 is 0.344 bits per heavy atom. The van der Waals surface area contributed by atoms with Crippen molar-refractivity contribution in [3.63, 3.8) is 0 Å². The molecule has 0 aromatic rings. The lowest BCUT2D eigenvalue weighted by atomic mass is 10.0. The first-order valence-electron chi connectivity index (χ1n) is 30.1. The lowest BCUT2D eigenvalue weighted by Gasteiger charge is -2.28. The number of hydrogen-bond donors (Lipinski definition) is 0. The normalized spacial score (nSPS) is 12.0. The molecule has 0 amide bonds. The van der Waals surface area contributed by atoms with E-state index in [1.54, 1.807) is 50.3 Å². The van der Waals surface area contributed by atoms with Gasteiger partial charge in [0.05, 0.1) is 24.6 Å². The van der Waals surface area contributed by atoms with Crippen LogP contribution in [0.3, 0.4) is 0 Å². The van der Waals surface area contributed by atoms with Crippen molar-refractivity contribution in [3.8, 4) is 0 Å². The molecule has 0 saturated carbocycles. The summed E-state index contributed by atoms with van der Waals surface area (Å²) in [5, 5.41) is 0. The second-order valence-corrected chi connectivity index (χ2v) is 25.7. The van der Waals surface area contributed by atoms with Crippen molar-refractivity contribution in [1.29, 1.82) is 0 Å². The highest BCUT2D eigenvalue weighted by atomic mass is 31.2. The highest BCUT2D eigenvalue weighted by Gasteiger charge is 2.35. The average Bonchev–Trinajstić information content (AvgIpc) is 3.27. The van der Waals surface area contributed by atoms with Crippen LogP contribution in [0.15, 0.2) is 0 Å². The Morgan fingerprint density at radius 2 is 0.230 bits per heavy atom. The minimum atomic E-state index is -0.825. The highest BCUT2D eigenvalue weighted by Crippen LogP contribution is 2.61. The van der Waals surface area contributed by atoms with Crippen molar-refractivity contribution in [1.82, 2.24) is 0 Å². The summed E-state index contributed by atoms with van der Waals surface area (Å²) in [4.78, 5) is 0. The van der Waals surface area contributed by atoms with Gasteiger partial charge in [-0.25, -0.2) is 0 Å². The van der Waals surface area contributed by atoms with Crippen LogP contribution < -0.4 is 0 Å². The third-order valence-corrected chi connectivity index (χ3v) is 20.0. The van der Waals surface area contributed by atoms with Crippen LogP contribution in [0.5, 0.6) is 0 Å². The molecule has 0 atom stereocenters. The third-order valence-electron chi connectivity index (χ3n) is 14.9.